The molecule has 0 aromatic heterocycles. The Balaban J connectivity index is 2.38. The highest BCUT2D eigenvalue weighted by Crippen LogP contribution is 2.49. The second kappa shape index (κ2) is 4.11. The SMILES string of the molecule is COC(=O)C1(C(=O)c2cc(Cl)ccc2F)CC1. The van der Waals surface area contributed by atoms with Crippen LogP contribution in [0.1, 0.15) is 23.2 Å². The van der Waals surface area contributed by atoms with Crippen LogP contribution >= 0.6 is 11.6 Å². The Morgan fingerprint density at radius 2 is 2.06 bits per heavy atom. The van der Waals surface area contributed by atoms with Gasteiger partial charge in [0.05, 0.1) is 12.7 Å². The summed E-state index contributed by atoms with van der Waals surface area (Å²) in [6, 6.07) is 3.70. The number of Topliss-reactive ketones (excluding diaryl/α,β-unsaturated/α-hetero) is 1. The normalized spacial score (nSPS) is 16.4. The number of carbonyl (C=O) groups is 2. The van der Waals surface area contributed by atoms with Gasteiger partial charge in [-0.1, -0.05) is 11.6 Å². The quantitative estimate of drug-likeness (QED) is 0.474. The first kappa shape index (κ1) is 12.0. The van der Waals surface area contributed by atoms with Gasteiger partial charge in [-0.05, 0) is 31.0 Å². The van der Waals surface area contributed by atoms with Crippen molar-refractivity contribution in [1.29, 1.82) is 0 Å². The number of hydrogen-bond acceptors (Lipinski definition) is 3. The van der Waals surface area contributed by atoms with Gasteiger partial charge in [-0.15, -0.1) is 0 Å². The minimum Gasteiger partial charge on any atom is -0.468 e. The van der Waals surface area contributed by atoms with Crippen LogP contribution in [0, 0.1) is 11.2 Å². The molecular formula is C12H10ClFO3. The van der Waals surface area contributed by atoms with E-state index in [-0.39, 0.29) is 10.6 Å². The summed E-state index contributed by atoms with van der Waals surface area (Å²) in [5.41, 5.74) is -1.35. The first-order valence-electron chi connectivity index (χ1n) is 5.09. The van der Waals surface area contributed by atoms with Crippen molar-refractivity contribution < 1.29 is 18.7 Å². The topological polar surface area (TPSA) is 43.4 Å². The summed E-state index contributed by atoms with van der Waals surface area (Å²) < 4.78 is 18.1. The van der Waals surface area contributed by atoms with Gasteiger partial charge < -0.3 is 4.74 Å². The van der Waals surface area contributed by atoms with E-state index >= 15 is 0 Å². The van der Waals surface area contributed by atoms with E-state index in [0.29, 0.717) is 12.8 Å². The summed E-state index contributed by atoms with van der Waals surface area (Å²) in [5, 5.41) is 0.260. The molecule has 0 spiro atoms. The van der Waals surface area contributed by atoms with Crippen LogP contribution in [0.15, 0.2) is 18.2 Å². The molecule has 0 radical (unpaired) electrons. The van der Waals surface area contributed by atoms with Crippen molar-refractivity contribution in [3.05, 3.63) is 34.6 Å². The van der Waals surface area contributed by atoms with Crippen molar-refractivity contribution in [2.45, 2.75) is 12.8 Å². The van der Waals surface area contributed by atoms with Crippen LogP contribution in [-0.2, 0) is 9.53 Å². The zero-order valence-corrected chi connectivity index (χ0v) is 9.88. The fourth-order valence-corrected chi connectivity index (χ4v) is 1.95. The minimum atomic E-state index is -1.19. The Hall–Kier alpha value is -1.42. The van der Waals surface area contributed by atoms with Crippen LogP contribution in [0.4, 0.5) is 4.39 Å². The molecule has 17 heavy (non-hydrogen) atoms. The number of methoxy groups -OCH3 is 1. The lowest BCUT2D eigenvalue weighted by molar-refractivity contribution is -0.145. The Kier molecular flexibility index (Phi) is 2.91. The molecular weight excluding hydrogens is 247 g/mol. The van der Waals surface area contributed by atoms with Crippen LogP contribution in [0.2, 0.25) is 5.02 Å². The van der Waals surface area contributed by atoms with E-state index in [1.165, 1.54) is 19.2 Å². The van der Waals surface area contributed by atoms with Gasteiger partial charge >= 0.3 is 5.97 Å². The molecule has 0 unspecified atom stereocenters. The van der Waals surface area contributed by atoms with Crippen molar-refractivity contribution in [2.24, 2.45) is 5.41 Å². The monoisotopic (exact) mass is 256 g/mol. The first-order chi connectivity index (χ1) is 8.01. The molecule has 3 nitrogen and oxygen atoms in total. The van der Waals surface area contributed by atoms with Crippen molar-refractivity contribution in [3.8, 4) is 0 Å². The molecule has 1 saturated carbocycles. The van der Waals surface area contributed by atoms with E-state index in [0.717, 1.165) is 6.07 Å². The fourth-order valence-electron chi connectivity index (χ4n) is 1.77. The van der Waals surface area contributed by atoms with Crippen molar-refractivity contribution in [3.63, 3.8) is 0 Å². The Bertz CT molecular complexity index is 495. The molecule has 1 aromatic carbocycles. The lowest BCUT2D eigenvalue weighted by atomic mass is 9.94. The van der Waals surface area contributed by atoms with E-state index in [2.05, 4.69) is 4.74 Å². The zero-order valence-electron chi connectivity index (χ0n) is 9.13. The van der Waals surface area contributed by atoms with Gasteiger partial charge in [-0.3, -0.25) is 9.59 Å². The van der Waals surface area contributed by atoms with Gasteiger partial charge in [-0.25, -0.2) is 4.39 Å². The average molecular weight is 257 g/mol. The van der Waals surface area contributed by atoms with E-state index in [1.54, 1.807) is 0 Å². The number of esters is 1. The van der Waals surface area contributed by atoms with Gasteiger partial charge in [0, 0.05) is 5.02 Å². The van der Waals surface area contributed by atoms with Crippen LogP contribution < -0.4 is 0 Å². The molecule has 0 aliphatic heterocycles. The second-order valence-corrected chi connectivity index (χ2v) is 4.46. The first-order valence-corrected chi connectivity index (χ1v) is 5.47. The van der Waals surface area contributed by atoms with Crippen LogP contribution in [0.5, 0.6) is 0 Å². The van der Waals surface area contributed by atoms with E-state index in [9.17, 15) is 14.0 Å². The van der Waals surface area contributed by atoms with E-state index < -0.39 is 23.0 Å². The van der Waals surface area contributed by atoms with Crippen molar-refractivity contribution in [2.75, 3.05) is 7.11 Å². The number of benzene rings is 1. The highest BCUT2D eigenvalue weighted by molar-refractivity contribution is 6.31. The summed E-state index contributed by atoms with van der Waals surface area (Å²) in [6.45, 7) is 0. The second-order valence-electron chi connectivity index (χ2n) is 4.03. The highest BCUT2D eigenvalue weighted by atomic mass is 35.5. The molecule has 5 heteroatoms. The average Bonchev–Trinajstić information content (AvgIpc) is 3.11. The molecule has 0 amide bonds. The number of hydrogen-bond donors (Lipinski definition) is 0. The van der Waals surface area contributed by atoms with Gasteiger partial charge in [0.15, 0.2) is 5.78 Å². The van der Waals surface area contributed by atoms with Gasteiger partial charge in [0.25, 0.3) is 0 Å². The molecule has 0 atom stereocenters. The molecule has 90 valence electrons. The lowest BCUT2D eigenvalue weighted by Crippen LogP contribution is -2.27. The molecule has 0 bridgehead atoms. The van der Waals surface area contributed by atoms with E-state index in [4.69, 9.17) is 11.6 Å². The van der Waals surface area contributed by atoms with Crippen molar-refractivity contribution in [1.82, 2.24) is 0 Å². The van der Waals surface area contributed by atoms with Crippen LogP contribution in [0.3, 0.4) is 0 Å². The van der Waals surface area contributed by atoms with Gasteiger partial charge in [0.1, 0.15) is 11.2 Å². The smallest absolute Gasteiger partial charge is 0.319 e. The van der Waals surface area contributed by atoms with Crippen LogP contribution in [0.25, 0.3) is 0 Å². The predicted octanol–water partition coefficient (Wildman–Crippen LogP) is 2.62. The molecule has 1 fully saturated rings. The Labute approximate surface area is 103 Å². The summed E-state index contributed by atoms with van der Waals surface area (Å²) >= 11 is 5.71. The highest BCUT2D eigenvalue weighted by Gasteiger charge is 2.58. The standard InChI is InChI=1S/C12H10ClFO3/c1-17-11(16)12(4-5-12)10(15)8-6-7(13)2-3-9(8)14/h2-3,6H,4-5H2,1H3. The molecule has 0 N–H and O–H groups in total. The Morgan fingerprint density at radius 3 is 2.59 bits per heavy atom. The maximum Gasteiger partial charge on any atom is 0.319 e. The molecule has 1 aromatic rings. The fraction of sp³-hybridized carbons (Fsp3) is 0.333. The number of carbonyl (C=O) groups excluding carboxylic acids is 2. The number of rotatable bonds is 3. The van der Waals surface area contributed by atoms with Gasteiger partial charge in [-0.2, -0.15) is 0 Å². The van der Waals surface area contributed by atoms with Crippen LogP contribution in [-0.4, -0.2) is 18.9 Å². The summed E-state index contributed by atoms with van der Waals surface area (Å²) in [6.07, 6.45) is 0.787. The van der Waals surface area contributed by atoms with Crippen molar-refractivity contribution >= 4 is 23.4 Å². The minimum absolute atomic E-state index is 0.152. The third-order valence-corrected chi connectivity index (χ3v) is 3.17. The molecule has 0 heterocycles. The van der Waals surface area contributed by atoms with Gasteiger partial charge in [0.2, 0.25) is 0 Å². The molecule has 0 saturated heterocycles. The zero-order chi connectivity index (χ0) is 12.6. The lowest BCUT2D eigenvalue weighted by Gasteiger charge is -2.12. The maximum absolute atomic E-state index is 13.5. The third kappa shape index (κ3) is 1.93. The predicted molar refractivity (Wildman–Crippen MR) is 59.4 cm³/mol. The molecule has 1 aliphatic rings. The molecule has 1 aliphatic carbocycles. The Morgan fingerprint density at radius 1 is 1.41 bits per heavy atom. The number of ether oxygens (including phenoxy) is 1. The largest absolute Gasteiger partial charge is 0.468 e. The summed E-state index contributed by atoms with van der Waals surface area (Å²) in [7, 11) is 1.21. The third-order valence-electron chi connectivity index (χ3n) is 2.93. The summed E-state index contributed by atoms with van der Waals surface area (Å²) in [4.78, 5) is 23.6. The summed E-state index contributed by atoms with van der Waals surface area (Å²) in [5.74, 6) is -1.83. The maximum atomic E-state index is 13.5. The molecule has 2 rings (SSSR count). The number of ketones is 1. The van der Waals surface area contributed by atoms with E-state index in [1.807, 2.05) is 0 Å². The number of halogens is 2.